The van der Waals surface area contributed by atoms with Crippen LogP contribution in [-0.2, 0) is 0 Å². The SMILES string of the molecule is c1ccc(-c2nc(-c3ccccc3)nc(-c3cccc(-c4ccc5sc6ccc7c8cccc9c%10ccccc%10n(c98)c7c6c5c4)c3)n2)cc1. The number of benzene rings is 7. The summed E-state index contributed by atoms with van der Waals surface area (Å²) in [6.07, 6.45) is 0. The van der Waals surface area contributed by atoms with E-state index in [4.69, 9.17) is 15.0 Å². The first kappa shape index (κ1) is 27.5. The number of thiophene rings is 1. The number of para-hydroxylation sites is 2. The molecule has 11 aromatic rings. The van der Waals surface area contributed by atoms with Crippen LogP contribution in [0.1, 0.15) is 0 Å². The molecule has 11 rings (SSSR count). The molecule has 0 bridgehead atoms. The van der Waals surface area contributed by atoms with Gasteiger partial charge in [-0.1, -0.05) is 127 Å². The molecule has 0 N–H and O–H groups in total. The van der Waals surface area contributed by atoms with Crippen LogP contribution in [0.25, 0.3) is 104 Å². The second-order valence-corrected chi connectivity index (χ2v) is 13.9. The van der Waals surface area contributed by atoms with E-state index in [1.807, 2.05) is 72.0 Å². The van der Waals surface area contributed by atoms with E-state index < -0.39 is 0 Å². The van der Waals surface area contributed by atoms with Gasteiger partial charge < -0.3 is 4.40 Å². The summed E-state index contributed by atoms with van der Waals surface area (Å²) in [4.78, 5) is 14.9. The zero-order valence-corrected chi connectivity index (χ0v) is 27.5. The van der Waals surface area contributed by atoms with Crippen molar-refractivity contribution in [1.29, 1.82) is 0 Å². The molecule has 0 saturated carbocycles. The molecule has 7 aromatic carbocycles. The zero-order valence-electron chi connectivity index (χ0n) is 26.7. The average molecular weight is 655 g/mol. The lowest BCUT2D eigenvalue weighted by molar-refractivity contribution is 1.07. The number of aromatic nitrogens is 4. The van der Waals surface area contributed by atoms with Crippen LogP contribution in [0.2, 0.25) is 0 Å². The lowest BCUT2D eigenvalue weighted by atomic mass is 10.00. The molecule has 0 aliphatic heterocycles. The molecule has 0 aliphatic rings. The number of hydrogen-bond acceptors (Lipinski definition) is 4. The molecule has 0 atom stereocenters. The van der Waals surface area contributed by atoms with Gasteiger partial charge >= 0.3 is 0 Å². The molecule has 0 unspecified atom stereocenters. The maximum atomic E-state index is 4.99. The fourth-order valence-electron chi connectivity index (χ4n) is 7.72. The normalized spacial score (nSPS) is 12.0. The first-order valence-corrected chi connectivity index (χ1v) is 17.6. The molecule has 50 heavy (non-hydrogen) atoms. The predicted molar refractivity (Wildman–Crippen MR) is 209 cm³/mol. The maximum Gasteiger partial charge on any atom is 0.164 e. The first-order valence-electron chi connectivity index (χ1n) is 16.8. The van der Waals surface area contributed by atoms with Crippen molar-refractivity contribution in [3.8, 4) is 45.3 Å². The summed E-state index contributed by atoms with van der Waals surface area (Å²) in [5, 5.41) is 7.81. The van der Waals surface area contributed by atoms with Crippen LogP contribution in [0.4, 0.5) is 0 Å². The van der Waals surface area contributed by atoms with Crippen LogP contribution in [0.15, 0.2) is 158 Å². The van der Waals surface area contributed by atoms with E-state index in [1.165, 1.54) is 58.3 Å². The van der Waals surface area contributed by atoms with Crippen LogP contribution in [0, 0.1) is 0 Å². The third-order valence-electron chi connectivity index (χ3n) is 9.97. The number of nitrogens with zero attached hydrogens (tertiary/aromatic N) is 4. The highest BCUT2D eigenvalue weighted by atomic mass is 32.1. The fraction of sp³-hybridized carbons (Fsp3) is 0. The zero-order chi connectivity index (χ0) is 32.8. The van der Waals surface area contributed by atoms with Gasteiger partial charge in [0.15, 0.2) is 17.5 Å². The van der Waals surface area contributed by atoms with Crippen LogP contribution >= 0.6 is 11.3 Å². The smallest absolute Gasteiger partial charge is 0.164 e. The number of hydrogen-bond donors (Lipinski definition) is 0. The van der Waals surface area contributed by atoms with E-state index in [0.717, 1.165) is 27.8 Å². The number of rotatable bonds is 4. The molecule has 0 amide bonds. The van der Waals surface area contributed by atoms with Crippen LogP contribution in [0.5, 0.6) is 0 Å². The Labute approximate surface area is 290 Å². The Bertz CT molecular complexity index is 3030. The fourth-order valence-corrected chi connectivity index (χ4v) is 8.81. The minimum absolute atomic E-state index is 0.653. The van der Waals surface area contributed by atoms with E-state index in [-0.39, 0.29) is 0 Å². The van der Waals surface area contributed by atoms with Crippen molar-refractivity contribution in [2.24, 2.45) is 0 Å². The van der Waals surface area contributed by atoms with Crippen LogP contribution < -0.4 is 0 Å². The van der Waals surface area contributed by atoms with E-state index in [1.54, 1.807) is 0 Å². The van der Waals surface area contributed by atoms with Gasteiger partial charge in [0.25, 0.3) is 0 Å². The Kier molecular flexibility index (Phi) is 5.80. The molecular weight excluding hydrogens is 629 g/mol. The lowest BCUT2D eigenvalue weighted by Gasteiger charge is -2.10. The monoisotopic (exact) mass is 654 g/mol. The standard InChI is InChI=1S/C45H26N4S/c1-3-11-27(12-4-1)43-46-44(28-13-5-2-6-14-28)48-45(47-43)31-16-9-15-29(25-31)30-21-23-38-36(26-30)40-39(50-38)24-22-35-34-19-10-18-33-32-17-7-8-20-37(32)49(41(33)34)42(35)40/h1-26H. The molecule has 0 radical (unpaired) electrons. The van der Waals surface area contributed by atoms with Crippen molar-refractivity contribution in [3.63, 3.8) is 0 Å². The third kappa shape index (κ3) is 4.01. The summed E-state index contributed by atoms with van der Waals surface area (Å²) >= 11 is 1.87. The summed E-state index contributed by atoms with van der Waals surface area (Å²) in [5.74, 6) is 1.97. The van der Waals surface area contributed by atoms with Gasteiger partial charge in [-0.3, -0.25) is 0 Å². The highest BCUT2D eigenvalue weighted by Gasteiger charge is 2.21. The van der Waals surface area contributed by atoms with E-state index in [0.29, 0.717) is 17.5 Å². The largest absolute Gasteiger partial charge is 0.307 e. The Morgan fingerprint density at radius 3 is 1.66 bits per heavy atom. The van der Waals surface area contributed by atoms with Crippen molar-refractivity contribution >= 4 is 69.6 Å². The second-order valence-electron chi connectivity index (χ2n) is 12.8. The van der Waals surface area contributed by atoms with Gasteiger partial charge in [0.05, 0.1) is 16.6 Å². The maximum absolute atomic E-state index is 4.99. The molecular formula is C45H26N4S. The van der Waals surface area contributed by atoms with Crippen LogP contribution in [0.3, 0.4) is 0 Å². The van der Waals surface area contributed by atoms with Crippen molar-refractivity contribution < 1.29 is 0 Å². The molecule has 0 saturated heterocycles. The second kappa shape index (κ2) is 10.5. The Morgan fingerprint density at radius 2 is 0.900 bits per heavy atom. The van der Waals surface area contributed by atoms with E-state index >= 15 is 0 Å². The molecule has 232 valence electrons. The quantitative estimate of drug-likeness (QED) is 0.190. The van der Waals surface area contributed by atoms with Gasteiger partial charge in [0.1, 0.15) is 0 Å². The molecule has 5 heteroatoms. The molecule has 4 nitrogen and oxygen atoms in total. The Balaban J connectivity index is 1.12. The molecule has 4 heterocycles. The predicted octanol–water partition coefficient (Wildman–Crippen LogP) is 12.1. The summed E-state index contributed by atoms with van der Waals surface area (Å²) < 4.78 is 5.09. The highest BCUT2D eigenvalue weighted by Crippen LogP contribution is 2.46. The molecule has 0 spiro atoms. The van der Waals surface area contributed by atoms with E-state index in [2.05, 4.69) is 101 Å². The topological polar surface area (TPSA) is 43.1 Å². The first-order chi connectivity index (χ1) is 24.8. The van der Waals surface area contributed by atoms with Crippen LogP contribution in [-0.4, -0.2) is 19.4 Å². The molecule has 0 aliphatic carbocycles. The molecule has 0 fully saturated rings. The van der Waals surface area contributed by atoms with Crippen molar-refractivity contribution in [1.82, 2.24) is 19.4 Å². The highest BCUT2D eigenvalue weighted by molar-refractivity contribution is 7.26. The van der Waals surface area contributed by atoms with Gasteiger partial charge in [-0.2, -0.15) is 0 Å². The van der Waals surface area contributed by atoms with Gasteiger partial charge in [-0.15, -0.1) is 11.3 Å². The summed E-state index contributed by atoms with van der Waals surface area (Å²) in [6.45, 7) is 0. The van der Waals surface area contributed by atoms with Crippen molar-refractivity contribution in [3.05, 3.63) is 158 Å². The van der Waals surface area contributed by atoms with Gasteiger partial charge in [0, 0.05) is 58.4 Å². The van der Waals surface area contributed by atoms with Crippen molar-refractivity contribution in [2.45, 2.75) is 0 Å². The van der Waals surface area contributed by atoms with Gasteiger partial charge in [0.2, 0.25) is 0 Å². The summed E-state index contributed by atoms with van der Waals surface area (Å²) in [7, 11) is 0. The minimum atomic E-state index is 0.653. The van der Waals surface area contributed by atoms with E-state index in [9.17, 15) is 0 Å². The summed E-state index contributed by atoms with van der Waals surface area (Å²) in [5.41, 5.74) is 9.01. The third-order valence-corrected chi connectivity index (χ3v) is 11.1. The lowest BCUT2D eigenvalue weighted by Crippen LogP contribution is -2.00. The minimum Gasteiger partial charge on any atom is -0.307 e. The average Bonchev–Trinajstić information content (AvgIpc) is 3.85. The van der Waals surface area contributed by atoms with Gasteiger partial charge in [-0.05, 0) is 41.5 Å². The Hall–Kier alpha value is -6.43. The van der Waals surface area contributed by atoms with Gasteiger partial charge in [-0.25, -0.2) is 15.0 Å². The van der Waals surface area contributed by atoms with Crippen molar-refractivity contribution in [2.75, 3.05) is 0 Å². The summed E-state index contributed by atoms with van der Waals surface area (Å²) in [6, 6.07) is 55.9. The Morgan fingerprint density at radius 1 is 0.360 bits per heavy atom. The molecule has 4 aromatic heterocycles. The number of fused-ring (bicyclic) bond motifs is 10.